The molecule has 0 saturated carbocycles. The lowest BCUT2D eigenvalue weighted by atomic mass is 10.2. The number of pyridine rings is 1. The van der Waals surface area contributed by atoms with Crippen LogP contribution in [0.4, 0.5) is 0 Å². The number of rotatable bonds is 8. The number of ether oxygens (including phenoxy) is 1. The molecular formula is C13H20ClNO2. The van der Waals surface area contributed by atoms with Crippen LogP contribution in [0, 0.1) is 0 Å². The molecule has 1 aromatic rings. The van der Waals surface area contributed by atoms with Crippen molar-refractivity contribution in [2.24, 2.45) is 0 Å². The first-order valence-corrected chi connectivity index (χ1v) is 6.71. The van der Waals surface area contributed by atoms with Gasteiger partial charge in [0.15, 0.2) is 5.75 Å². The Kier molecular flexibility index (Phi) is 6.78. The largest absolute Gasteiger partial charge is 0.488 e. The summed E-state index contributed by atoms with van der Waals surface area (Å²) in [7, 11) is 0. The van der Waals surface area contributed by atoms with Crippen molar-refractivity contribution in [2.45, 2.75) is 44.9 Å². The van der Waals surface area contributed by atoms with Gasteiger partial charge in [-0.15, -0.1) is 11.6 Å². The molecule has 0 aliphatic heterocycles. The summed E-state index contributed by atoms with van der Waals surface area (Å²) < 4.78 is 5.43. The predicted octanol–water partition coefficient (Wildman–Crippen LogP) is 3.46. The normalized spacial score (nSPS) is 10.5. The summed E-state index contributed by atoms with van der Waals surface area (Å²) >= 11 is 5.62. The predicted molar refractivity (Wildman–Crippen MR) is 70.9 cm³/mol. The van der Waals surface area contributed by atoms with Crippen molar-refractivity contribution >= 4 is 11.6 Å². The topological polar surface area (TPSA) is 42.1 Å². The first kappa shape index (κ1) is 14.1. The molecule has 1 N–H and O–H groups in total. The third kappa shape index (κ3) is 5.26. The molecule has 0 bridgehead atoms. The number of halogens is 1. The van der Waals surface area contributed by atoms with Crippen molar-refractivity contribution in [1.29, 1.82) is 0 Å². The van der Waals surface area contributed by atoms with Crippen LogP contribution in [0.15, 0.2) is 17.1 Å². The highest BCUT2D eigenvalue weighted by Crippen LogP contribution is 2.06. The summed E-state index contributed by atoms with van der Waals surface area (Å²) in [6.07, 6.45) is 7.49. The second-order valence-electron chi connectivity index (χ2n) is 4.08. The van der Waals surface area contributed by atoms with E-state index in [9.17, 15) is 4.79 Å². The van der Waals surface area contributed by atoms with Gasteiger partial charge < -0.3 is 9.72 Å². The SMILES string of the molecule is CCCCCCCOc1c[nH]c(CCl)cc1=O. The van der Waals surface area contributed by atoms with Crippen LogP contribution < -0.4 is 10.2 Å². The number of aromatic nitrogens is 1. The van der Waals surface area contributed by atoms with Crippen LogP contribution in [0.25, 0.3) is 0 Å². The van der Waals surface area contributed by atoms with Crippen molar-refractivity contribution in [3.8, 4) is 5.75 Å². The van der Waals surface area contributed by atoms with E-state index in [1.165, 1.54) is 25.3 Å². The monoisotopic (exact) mass is 257 g/mol. The molecular weight excluding hydrogens is 238 g/mol. The molecule has 0 amide bonds. The van der Waals surface area contributed by atoms with Gasteiger partial charge in [0, 0.05) is 18.0 Å². The molecule has 0 radical (unpaired) electrons. The average Bonchev–Trinajstić information content (AvgIpc) is 2.35. The molecule has 0 atom stereocenters. The average molecular weight is 258 g/mol. The highest BCUT2D eigenvalue weighted by atomic mass is 35.5. The zero-order chi connectivity index (χ0) is 12.5. The van der Waals surface area contributed by atoms with Gasteiger partial charge in [0.05, 0.1) is 12.5 Å². The van der Waals surface area contributed by atoms with E-state index in [1.807, 2.05) is 0 Å². The zero-order valence-electron chi connectivity index (χ0n) is 10.3. The van der Waals surface area contributed by atoms with E-state index in [0.29, 0.717) is 23.9 Å². The minimum Gasteiger partial charge on any atom is -0.488 e. The summed E-state index contributed by atoms with van der Waals surface area (Å²) in [5.41, 5.74) is 0.611. The molecule has 0 unspecified atom stereocenters. The van der Waals surface area contributed by atoms with E-state index in [4.69, 9.17) is 16.3 Å². The van der Waals surface area contributed by atoms with Crippen LogP contribution in [0.2, 0.25) is 0 Å². The van der Waals surface area contributed by atoms with Crippen molar-refractivity contribution in [1.82, 2.24) is 4.98 Å². The number of aromatic amines is 1. The van der Waals surface area contributed by atoms with Crippen molar-refractivity contribution in [3.63, 3.8) is 0 Å². The fraction of sp³-hybridized carbons (Fsp3) is 0.615. The summed E-state index contributed by atoms with van der Waals surface area (Å²) in [4.78, 5) is 14.5. The molecule has 0 aliphatic carbocycles. The maximum atomic E-state index is 11.6. The number of hydrogen-bond donors (Lipinski definition) is 1. The number of hydrogen-bond acceptors (Lipinski definition) is 2. The highest BCUT2D eigenvalue weighted by Gasteiger charge is 2.01. The first-order chi connectivity index (χ1) is 8.27. The van der Waals surface area contributed by atoms with Crippen LogP contribution in [-0.4, -0.2) is 11.6 Å². The quantitative estimate of drug-likeness (QED) is 0.572. The summed E-state index contributed by atoms with van der Waals surface area (Å²) in [5, 5.41) is 0. The van der Waals surface area contributed by atoms with Crippen LogP contribution in [0.1, 0.15) is 44.7 Å². The van der Waals surface area contributed by atoms with Gasteiger partial charge in [-0.2, -0.15) is 0 Å². The molecule has 4 heteroatoms. The van der Waals surface area contributed by atoms with Crippen LogP contribution in [0.5, 0.6) is 5.75 Å². The van der Waals surface area contributed by atoms with E-state index in [2.05, 4.69) is 11.9 Å². The maximum absolute atomic E-state index is 11.6. The van der Waals surface area contributed by atoms with Crippen molar-refractivity contribution in [2.75, 3.05) is 6.61 Å². The summed E-state index contributed by atoms with van der Waals surface area (Å²) in [6, 6.07) is 1.49. The minimum atomic E-state index is -0.104. The van der Waals surface area contributed by atoms with Gasteiger partial charge in [-0.1, -0.05) is 32.6 Å². The van der Waals surface area contributed by atoms with E-state index in [1.54, 1.807) is 6.20 Å². The molecule has 0 aliphatic rings. The van der Waals surface area contributed by atoms with Gasteiger partial charge in [-0.25, -0.2) is 0 Å². The van der Waals surface area contributed by atoms with Crippen molar-refractivity contribution < 1.29 is 4.74 Å². The molecule has 0 fully saturated rings. The number of nitrogens with one attached hydrogen (secondary N) is 1. The molecule has 96 valence electrons. The fourth-order valence-electron chi connectivity index (χ4n) is 1.58. The van der Waals surface area contributed by atoms with Gasteiger partial charge in [0.1, 0.15) is 0 Å². The Labute approximate surface area is 107 Å². The fourth-order valence-corrected chi connectivity index (χ4v) is 1.73. The number of unbranched alkanes of at least 4 members (excludes halogenated alkanes) is 4. The van der Waals surface area contributed by atoms with E-state index in [0.717, 1.165) is 12.8 Å². The number of H-pyrrole nitrogens is 1. The Bertz CT molecular complexity index is 376. The van der Waals surface area contributed by atoms with Crippen LogP contribution in [-0.2, 0) is 5.88 Å². The van der Waals surface area contributed by atoms with Gasteiger partial charge in [0.2, 0.25) is 5.43 Å². The molecule has 3 nitrogen and oxygen atoms in total. The molecule has 1 aromatic heterocycles. The Morgan fingerprint density at radius 3 is 2.71 bits per heavy atom. The lowest BCUT2D eigenvalue weighted by Gasteiger charge is -2.05. The van der Waals surface area contributed by atoms with E-state index < -0.39 is 0 Å². The molecule has 0 aromatic carbocycles. The van der Waals surface area contributed by atoms with Gasteiger partial charge in [-0.05, 0) is 6.42 Å². The highest BCUT2D eigenvalue weighted by molar-refractivity contribution is 6.16. The Morgan fingerprint density at radius 2 is 2.06 bits per heavy atom. The molecule has 1 rings (SSSR count). The molecule has 0 spiro atoms. The second-order valence-corrected chi connectivity index (χ2v) is 4.35. The standard InChI is InChI=1S/C13H20ClNO2/c1-2-3-4-5-6-7-17-13-10-15-11(9-14)8-12(13)16/h8,10H,2-7,9H2,1H3,(H,15,16). The lowest BCUT2D eigenvalue weighted by Crippen LogP contribution is -2.10. The Hall–Kier alpha value is -0.960. The first-order valence-electron chi connectivity index (χ1n) is 6.18. The zero-order valence-corrected chi connectivity index (χ0v) is 11.1. The Balaban J connectivity index is 2.29. The van der Waals surface area contributed by atoms with Gasteiger partial charge in [-0.3, -0.25) is 4.79 Å². The summed E-state index contributed by atoms with van der Waals surface area (Å²) in [5.74, 6) is 0.696. The van der Waals surface area contributed by atoms with Crippen molar-refractivity contribution in [3.05, 3.63) is 28.2 Å². The van der Waals surface area contributed by atoms with Crippen LogP contribution >= 0.6 is 11.6 Å². The second kappa shape index (κ2) is 8.18. The van der Waals surface area contributed by atoms with Gasteiger partial charge >= 0.3 is 0 Å². The van der Waals surface area contributed by atoms with E-state index >= 15 is 0 Å². The molecule has 1 heterocycles. The molecule has 17 heavy (non-hydrogen) atoms. The number of alkyl halides is 1. The minimum absolute atomic E-state index is 0.104. The Morgan fingerprint density at radius 1 is 1.29 bits per heavy atom. The maximum Gasteiger partial charge on any atom is 0.223 e. The third-order valence-electron chi connectivity index (χ3n) is 2.59. The summed E-state index contributed by atoms with van der Waals surface area (Å²) in [6.45, 7) is 2.79. The molecule has 0 saturated heterocycles. The van der Waals surface area contributed by atoms with Gasteiger partial charge in [0.25, 0.3) is 0 Å². The third-order valence-corrected chi connectivity index (χ3v) is 2.87. The smallest absolute Gasteiger partial charge is 0.223 e. The lowest BCUT2D eigenvalue weighted by molar-refractivity contribution is 0.300. The van der Waals surface area contributed by atoms with E-state index in [-0.39, 0.29) is 5.43 Å². The van der Waals surface area contributed by atoms with Crippen LogP contribution in [0.3, 0.4) is 0 Å².